The smallest absolute Gasteiger partial charge is 0.240 e. The lowest BCUT2D eigenvalue weighted by molar-refractivity contribution is 0.893. The van der Waals surface area contributed by atoms with Crippen LogP contribution >= 0.6 is 0 Å². The molecular weight excluding hydrogens is 783 g/mol. The zero-order valence-corrected chi connectivity index (χ0v) is 33.3. The Morgan fingerprint density at radius 3 is 1.30 bits per heavy atom. The first-order chi connectivity index (χ1) is 41.6. The van der Waals surface area contributed by atoms with Crippen LogP contribution in [0.3, 0.4) is 0 Å². The Balaban J connectivity index is 1.31. The number of benzene rings is 9. The van der Waals surface area contributed by atoms with Crippen LogP contribution in [0.5, 0.6) is 0 Å². The Morgan fingerprint density at radius 2 is 0.794 bits per heavy atom. The molecule has 6 heteroatoms. The molecule has 9 aromatic carbocycles. The molecule has 0 radical (unpaired) electrons. The van der Waals surface area contributed by atoms with Crippen LogP contribution in [0.1, 0.15) is 34.3 Å². The molecule has 0 unspecified atom stereocenters. The average molecular weight is 847 g/mol. The molecule has 0 aliphatic carbocycles. The van der Waals surface area contributed by atoms with Crippen LogP contribution in [0, 0.1) is 0 Å². The highest BCUT2D eigenvalue weighted by molar-refractivity contribution is 7.20. The summed E-state index contributed by atoms with van der Waals surface area (Å²) < 4.78 is 230. The minimum absolute atomic E-state index is 0.135. The number of hydrogen-bond acceptors (Lipinski definition) is 3. The van der Waals surface area contributed by atoms with Crippen molar-refractivity contribution in [2.24, 2.45) is 0 Å². The molecule has 0 N–H and O–H groups in total. The minimum Gasteiger partial charge on any atom is -0.278 e. The fourth-order valence-corrected chi connectivity index (χ4v) is 12.7. The Hall–Kier alpha value is -8.19. The summed E-state index contributed by atoms with van der Waals surface area (Å²) in [6.07, 6.45) is 0. The highest BCUT2D eigenvalue weighted by Gasteiger charge is 2.42. The quantitative estimate of drug-likeness (QED) is 0.113. The molecule has 0 saturated heterocycles. The van der Waals surface area contributed by atoms with Crippen LogP contribution in [0.15, 0.2) is 236 Å². The van der Waals surface area contributed by atoms with Crippen molar-refractivity contribution in [3.05, 3.63) is 236 Å². The van der Waals surface area contributed by atoms with Gasteiger partial charge in [-0.3, -0.25) is 9.13 Å². The molecule has 0 fully saturated rings. The fraction of sp³-hybridized carbons (Fsp3) is 0. The molecular formula is C57H39N5Si. The van der Waals surface area contributed by atoms with Crippen LogP contribution in [0.2, 0.25) is 0 Å². The maximum Gasteiger partial charge on any atom is 0.240 e. The molecule has 3 aromatic heterocycles. The number of nitrogens with zero attached hydrogens (tertiary/aromatic N) is 5. The van der Waals surface area contributed by atoms with Gasteiger partial charge >= 0.3 is 0 Å². The summed E-state index contributed by atoms with van der Waals surface area (Å²) in [4.78, 5) is 14.3. The number of aromatic nitrogens is 5. The minimum atomic E-state index is -4.48. The van der Waals surface area contributed by atoms with E-state index in [9.17, 15) is 16.4 Å². The molecule has 0 amide bonds. The molecule has 0 saturated carbocycles. The van der Waals surface area contributed by atoms with Gasteiger partial charge in [0.1, 0.15) is 0 Å². The summed E-state index contributed by atoms with van der Waals surface area (Å²) in [6.45, 7) is 0. The standard InChI is InChI=1S/C57H39N5Si/c1-4-20-40(21-5-1)41-22-18-28-45(38-41)63(43-24-6-2-7-25-43,44-26-8-3-9-27-44)46-29-19-23-42(39-46)55-58-56(61-51-34-14-10-30-47(51)48-31-11-15-35-52(48)61)60-57(59-55)62-53-36-16-12-32-49(53)50-33-13-17-37-54(50)62/h1-39H/i1D,4D,5D,10D,11D,12D,13D,14D,15D,16D,17D,19D,20D,21D,23D,29D,30D,31D,32D,33D,34D,35D,36D,37D,39D. The molecule has 0 spiro atoms. The third-order valence-electron chi connectivity index (χ3n) is 10.8. The molecule has 5 nitrogen and oxygen atoms in total. The number of para-hydroxylation sites is 4. The molecule has 12 aromatic rings. The number of fused-ring (bicyclic) bond motifs is 6. The second-order valence-corrected chi connectivity index (χ2v) is 17.9. The summed E-state index contributed by atoms with van der Waals surface area (Å²) in [5.41, 5.74) is -2.86. The van der Waals surface area contributed by atoms with Gasteiger partial charge in [0, 0.05) is 27.1 Å². The largest absolute Gasteiger partial charge is 0.278 e. The van der Waals surface area contributed by atoms with E-state index < -0.39 is 226 Å². The van der Waals surface area contributed by atoms with E-state index >= 15 is 0 Å². The van der Waals surface area contributed by atoms with E-state index in [1.54, 1.807) is 78.9 Å². The zero-order valence-electron chi connectivity index (χ0n) is 57.3. The van der Waals surface area contributed by atoms with E-state index in [-0.39, 0.29) is 16.3 Å². The van der Waals surface area contributed by atoms with Gasteiger partial charge in [0.05, 0.1) is 56.3 Å². The van der Waals surface area contributed by atoms with Gasteiger partial charge in [0.2, 0.25) is 11.9 Å². The van der Waals surface area contributed by atoms with Gasteiger partial charge in [-0.05, 0) is 56.0 Å². The monoisotopic (exact) mass is 846 g/mol. The van der Waals surface area contributed by atoms with Crippen LogP contribution in [0.4, 0.5) is 0 Å². The Bertz CT molecular complexity index is 4710. The molecule has 3 heterocycles. The van der Waals surface area contributed by atoms with Gasteiger partial charge < -0.3 is 0 Å². The topological polar surface area (TPSA) is 48.5 Å². The van der Waals surface area contributed by atoms with E-state index in [0.717, 1.165) is 9.13 Å². The number of rotatable bonds is 8. The molecule has 0 aliphatic heterocycles. The fourth-order valence-electron chi connectivity index (χ4n) is 8.16. The van der Waals surface area contributed by atoms with Crippen molar-refractivity contribution < 1.29 is 34.3 Å². The van der Waals surface area contributed by atoms with Crippen molar-refractivity contribution in [3.63, 3.8) is 0 Å². The first-order valence-electron chi connectivity index (χ1n) is 31.8. The van der Waals surface area contributed by atoms with Crippen LogP contribution in [0.25, 0.3) is 78.0 Å². The summed E-state index contributed by atoms with van der Waals surface area (Å²) in [7, 11) is -4.48. The lowest BCUT2D eigenvalue weighted by Crippen LogP contribution is -2.74. The van der Waals surface area contributed by atoms with E-state index in [0.29, 0.717) is 15.6 Å². The van der Waals surface area contributed by atoms with E-state index in [2.05, 4.69) is 0 Å². The van der Waals surface area contributed by atoms with Gasteiger partial charge in [0.25, 0.3) is 0 Å². The van der Waals surface area contributed by atoms with Crippen LogP contribution in [-0.2, 0) is 0 Å². The first-order valence-corrected chi connectivity index (χ1v) is 21.3. The lowest BCUT2D eigenvalue weighted by atomic mass is 10.1. The first kappa shape index (κ1) is 19.2. The normalized spacial score (nSPS) is 17.4. The maximum absolute atomic E-state index is 10.7. The molecule has 0 atom stereocenters. The molecule has 296 valence electrons. The third-order valence-corrected chi connectivity index (χ3v) is 15.4. The third kappa shape index (κ3) is 5.95. The van der Waals surface area contributed by atoms with Gasteiger partial charge in [-0.25, -0.2) is 0 Å². The van der Waals surface area contributed by atoms with E-state index in [4.69, 9.17) is 32.8 Å². The Labute approximate surface area is 401 Å². The van der Waals surface area contributed by atoms with Crippen molar-refractivity contribution in [2.75, 3.05) is 0 Å². The average Bonchev–Trinajstić information content (AvgIpc) is 1.76. The molecule has 63 heavy (non-hydrogen) atoms. The van der Waals surface area contributed by atoms with Crippen LogP contribution in [-0.4, -0.2) is 32.2 Å². The summed E-state index contributed by atoms with van der Waals surface area (Å²) in [5.74, 6) is -2.40. The van der Waals surface area contributed by atoms with Gasteiger partial charge in [-0.15, -0.1) is 0 Å². The number of hydrogen-bond donors (Lipinski definition) is 0. The lowest BCUT2D eigenvalue weighted by Gasteiger charge is -2.35. The molecule has 12 rings (SSSR count). The summed E-state index contributed by atoms with van der Waals surface area (Å²) in [6, 6.07) is 4.54. The van der Waals surface area contributed by atoms with E-state index in [1.165, 1.54) is 6.07 Å². The predicted molar refractivity (Wildman–Crippen MR) is 263 cm³/mol. The Morgan fingerprint density at radius 1 is 0.349 bits per heavy atom. The van der Waals surface area contributed by atoms with Crippen molar-refractivity contribution in [1.82, 2.24) is 24.1 Å². The highest BCUT2D eigenvalue weighted by atomic mass is 28.3. The van der Waals surface area contributed by atoms with Crippen molar-refractivity contribution >= 4 is 72.4 Å². The van der Waals surface area contributed by atoms with E-state index in [1.807, 2.05) is 0 Å². The van der Waals surface area contributed by atoms with Gasteiger partial charge in [-0.2, -0.15) is 15.0 Å². The van der Waals surface area contributed by atoms with Crippen LogP contribution < -0.4 is 20.7 Å². The summed E-state index contributed by atoms with van der Waals surface area (Å²) >= 11 is 0. The maximum atomic E-state index is 10.7. The van der Waals surface area contributed by atoms with Crippen molar-refractivity contribution in [2.45, 2.75) is 0 Å². The molecule has 0 bridgehead atoms. The van der Waals surface area contributed by atoms with Gasteiger partial charge in [-0.1, -0.05) is 212 Å². The second kappa shape index (κ2) is 15.1. The SMILES string of the molecule is [2H]c1c([2H])c([2H])c(-c2cccc([Si](c3ccccc3)(c3ccccc3)c3c([2H])c([2H])c([2H])c(-c4nc(-n5c6c([2H])c([2H])c([2H])c([2H])c6c6c([2H])c([2H])c([2H])c([2H])c65)nc(-n5c6c([2H])c([2H])c([2H])c([2H])c6c6c([2H])c([2H])c([2H])c([2H])c65)n4)c3[2H])c2)c([2H])c1[2H]. The highest BCUT2D eigenvalue weighted by Crippen LogP contribution is 2.34. The summed E-state index contributed by atoms with van der Waals surface area (Å²) in [5, 5.41) is -0.726. The Kier molecular flexibility index (Phi) is 4.60. The predicted octanol–water partition coefficient (Wildman–Crippen LogP) is 10.8. The van der Waals surface area contributed by atoms with Gasteiger partial charge in [0.15, 0.2) is 13.9 Å². The van der Waals surface area contributed by atoms with Crippen molar-refractivity contribution in [3.8, 4) is 34.4 Å². The van der Waals surface area contributed by atoms with Crippen molar-refractivity contribution in [1.29, 1.82) is 0 Å². The zero-order chi connectivity index (χ0) is 63.5. The second-order valence-electron chi connectivity index (χ2n) is 14.1. The molecule has 0 aliphatic rings.